The number of halogens is 1. The fourth-order valence-corrected chi connectivity index (χ4v) is 9.36. The van der Waals surface area contributed by atoms with Crippen molar-refractivity contribution in [3.63, 3.8) is 0 Å². The summed E-state index contributed by atoms with van der Waals surface area (Å²) in [6.07, 6.45) is 4.58. The second kappa shape index (κ2) is 33.8. The Morgan fingerprint density at radius 3 is 1.38 bits per heavy atom. The molecule has 9 rings (SSSR count). The van der Waals surface area contributed by atoms with Gasteiger partial charge in [-0.25, -0.2) is 0 Å². The Kier molecular flexibility index (Phi) is 28.6. The number of likely N-dealkylation sites (tertiary alicyclic amines) is 5. The molecule has 80 heavy (non-hydrogen) atoms. The highest BCUT2D eigenvalue weighted by atomic mass is 35.5. The molecular weight excluding hydrogens is 1050 g/mol. The van der Waals surface area contributed by atoms with Gasteiger partial charge in [0.15, 0.2) is 0 Å². The van der Waals surface area contributed by atoms with E-state index in [0.29, 0.717) is 69.1 Å². The molecule has 442 valence electrons. The Labute approximate surface area is 478 Å². The van der Waals surface area contributed by atoms with E-state index in [1.807, 2.05) is 76.5 Å². The lowest BCUT2D eigenvalue weighted by Gasteiger charge is -2.33. The largest absolute Gasteiger partial charge is 0.497 e. The molecule has 6 fully saturated rings. The third-order valence-corrected chi connectivity index (χ3v) is 14.6. The lowest BCUT2D eigenvalue weighted by Crippen LogP contribution is -2.54. The van der Waals surface area contributed by atoms with Crippen molar-refractivity contribution in [2.45, 2.75) is 94.3 Å². The summed E-state index contributed by atoms with van der Waals surface area (Å²) in [7, 11) is 19.8. The van der Waals surface area contributed by atoms with E-state index in [1.54, 1.807) is 84.2 Å². The molecule has 0 spiro atoms. The van der Waals surface area contributed by atoms with E-state index in [9.17, 15) is 38.4 Å². The van der Waals surface area contributed by atoms with Crippen LogP contribution in [-0.4, -0.2) is 229 Å². The van der Waals surface area contributed by atoms with Gasteiger partial charge < -0.3 is 55.1 Å². The van der Waals surface area contributed by atoms with Gasteiger partial charge >= 0.3 is 0 Å². The van der Waals surface area contributed by atoms with Gasteiger partial charge in [-0.2, -0.15) is 0 Å². The van der Waals surface area contributed by atoms with Crippen LogP contribution < -0.4 is 35.9 Å². The van der Waals surface area contributed by atoms with Crippen LogP contribution in [0.1, 0.15) is 66.4 Å². The van der Waals surface area contributed by atoms with Gasteiger partial charge in [0.05, 0.1) is 27.4 Å². The number of hydrogen-bond acceptors (Lipinski definition) is 16. The van der Waals surface area contributed by atoms with E-state index in [2.05, 4.69) is 40.0 Å². The van der Waals surface area contributed by atoms with Crippen molar-refractivity contribution in [3.05, 3.63) is 89.5 Å². The van der Waals surface area contributed by atoms with Gasteiger partial charge in [0.25, 0.3) is 0 Å². The van der Waals surface area contributed by atoms with Gasteiger partial charge in [-0.1, -0.05) is 24.3 Å². The second-order valence-corrected chi connectivity index (χ2v) is 20.7. The third-order valence-electron chi connectivity index (χ3n) is 14.6. The van der Waals surface area contributed by atoms with E-state index in [1.165, 1.54) is 11.1 Å². The number of likely N-dealkylation sites (N-methyl/N-ethyl adjacent to an activating group) is 8. The maximum Gasteiger partial charge on any atom is 0.243 e. The molecule has 3 aromatic rings. The highest BCUT2D eigenvalue weighted by Gasteiger charge is 2.38. The van der Waals surface area contributed by atoms with Crippen molar-refractivity contribution in [3.8, 4) is 17.2 Å². The average Bonchev–Trinajstić information content (AvgIpc) is 4.24. The van der Waals surface area contributed by atoms with Gasteiger partial charge in [-0.05, 0) is 87.2 Å². The molecular formula is C57H86ClN11O11. The number of hydrogen-bond donors (Lipinski definition) is 4. The standard InChI is InChI=1S/C14H20N2O2.C13H18N2O2.C11H17N3O3.C8H8O2.C6H12N2O.C5H10N2O.ClH/c1-15(12-8-14(17)16(2)10-12)9-11-4-6-13(18-3)7-5-11;1-15-9-11(7-13(15)16)14-8-10-3-5-12(17-2)6-4-10;1-13-6-7(5-10(13)16)14(2)8-3-4-9(15)12-11(8)17;1-10-8-4-2-7(6-9)3-5-8;1-7-5-3-6(9)8(2)4-5;1-7-3-4(6)2-5(7)8;/h4-7,12H,8-10H2,1-3H3;3-6,11,14H,7-9H2,1-2H3;7-8H,3-6H2,1-2H3,(H,12,15,17);2-6H,1H3;5,7H,3-4H2,1-2H3;4H,2-3,6H2,1H3;1H. The number of nitrogens with two attached hydrogens (primary N) is 1. The number of rotatable bonds is 13. The molecule has 7 amide bonds. The molecule has 0 aliphatic carbocycles. The molecule has 22 nitrogen and oxygen atoms in total. The van der Waals surface area contributed by atoms with E-state index < -0.39 is 0 Å². The predicted molar refractivity (Wildman–Crippen MR) is 307 cm³/mol. The Hall–Kier alpha value is -6.69. The van der Waals surface area contributed by atoms with Crippen molar-refractivity contribution in [1.82, 2.24) is 50.2 Å². The topological polar surface area (TPSA) is 249 Å². The van der Waals surface area contributed by atoms with Crippen LogP contribution in [0.5, 0.6) is 17.2 Å². The molecule has 0 saturated carbocycles. The Balaban J connectivity index is 0.000000258. The summed E-state index contributed by atoms with van der Waals surface area (Å²) in [5, 5.41) is 8.79. The Morgan fingerprint density at radius 1 is 0.588 bits per heavy atom. The van der Waals surface area contributed by atoms with Crippen molar-refractivity contribution in [1.29, 1.82) is 0 Å². The SMILES string of the molecule is CN1CC(N(C)C2CCC(=O)NC2=O)CC1=O.CN1CC(N)CC1=O.CNC1CC(=O)N(C)C1.COc1ccc(C=O)cc1.COc1ccc(CN(C)C2CC(=O)N(C)C2)cc1.COc1ccc(CNC2CC(=O)N(C)C2)cc1.Cl. The summed E-state index contributed by atoms with van der Waals surface area (Å²) in [5.41, 5.74) is 8.56. The van der Waals surface area contributed by atoms with Crippen LogP contribution in [0.25, 0.3) is 0 Å². The van der Waals surface area contributed by atoms with Crippen LogP contribution in [0.2, 0.25) is 0 Å². The molecule has 6 unspecified atom stereocenters. The number of carbonyl (C=O) groups is 8. The van der Waals surface area contributed by atoms with Crippen molar-refractivity contribution >= 4 is 60.0 Å². The number of benzene rings is 3. The quantitative estimate of drug-likeness (QED) is 0.141. The average molecular weight is 1140 g/mol. The second-order valence-electron chi connectivity index (χ2n) is 20.7. The van der Waals surface area contributed by atoms with Gasteiger partial charge in [0, 0.05) is 155 Å². The number of aldehydes is 1. The molecule has 6 heterocycles. The maximum absolute atomic E-state index is 11.7. The lowest BCUT2D eigenvalue weighted by molar-refractivity contribution is -0.138. The van der Waals surface area contributed by atoms with Gasteiger partial charge in [0.2, 0.25) is 41.4 Å². The Morgan fingerprint density at radius 2 is 1.01 bits per heavy atom. The summed E-state index contributed by atoms with van der Waals surface area (Å²) in [4.78, 5) is 101. The van der Waals surface area contributed by atoms with Gasteiger partial charge in [0.1, 0.15) is 23.5 Å². The lowest BCUT2D eigenvalue weighted by atomic mass is 10.0. The minimum absolute atomic E-state index is 0. The number of nitrogens with zero attached hydrogens (tertiary/aromatic N) is 7. The van der Waals surface area contributed by atoms with Gasteiger partial charge in [-0.15, -0.1) is 12.4 Å². The fourth-order valence-electron chi connectivity index (χ4n) is 9.36. The monoisotopic (exact) mass is 1140 g/mol. The first-order valence-corrected chi connectivity index (χ1v) is 26.5. The number of amides is 7. The van der Waals surface area contributed by atoms with Crippen LogP contribution in [0.4, 0.5) is 0 Å². The van der Waals surface area contributed by atoms with Crippen LogP contribution in [0.15, 0.2) is 72.8 Å². The van der Waals surface area contributed by atoms with E-state index in [-0.39, 0.29) is 77.9 Å². The summed E-state index contributed by atoms with van der Waals surface area (Å²) in [6.45, 7) is 5.49. The molecule has 0 radical (unpaired) electrons. The molecule has 6 aliphatic rings. The number of carbonyl (C=O) groups excluding carboxylic acids is 8. The fraction of sp³-hybridized carbons (Fsp3) is 0.544. The number of ether oxygens (including phenoxy) is 3. The summed E-state index contributed by atoms with van der Waals surface area (Å²) < 4.78 is 15.1. The first-order valence-electron chi connectivity index (χ1n) is 26.5. The molecule has 6 saturated heterocycles. The summed E-state index contributed by atoms with van der Waals surface area (Å²) in [6, 6.07) is 23.8. The van der Waals surface area contributed by atoms with Crippen LogP contribution in [-0.2, 0) is 46.7 Å². The molecule has 5 N–H and O–H groups in total. The summed E-state index contributed by atoms with van der Waals surface area (Å²) in [5.74, 6) is 3.03. The number of piperidine rings is 1. The zero-order valence-electron chi connectivity index (χ0n) is 48.5. The first-order chi connectivity index (χ1) is 37.6. The number of methoxy groups -OCH3 is 3. The van der Waals surface area contributed by atoms with Crippen LogP contribution >= 0.6 is 12.4 Å². The minimum Gasteiger partial charge on any atom is -0.497 e. The van der Waals surface area contributed by atoms with Crippen molar-refractivity contribution in [2.24, 2.45) is 5.73 Å². The van der Waals surface area contributed by atoms with Crippen LogP contribution in [0.3, 0.4) is 0 Å². The maximum atomic E-state index is 11.7. The minimum atomic E-state index is -0.294. The molecule has 6 aliphatic heterocycles. The molecule has 0 bridgehead atoms. The summed E-state index contributed by atoms with van der Waals surface area (Å²) >= 11 is 0. The van der Waals surface area contributed by atoms with E-state index in [0.717, 1.165) is 62.8 Å². The molecule has 3 aromatic carbocycles. The van der Waals surface area contributed by atoms with Crippen molar-refractivity contribution in [2.75, 3.05) is 110 Å². The van der Waals surface area contributed by atoms with E-state index >= 15 is 0 Å². The molecule has 0 aromatic heterocycles. The zero-order chi connectivity index (χ0) is 58.3. The highest BCUT2D eigenvalue weighted by molar-refractivity contribution is 6.00. The smallest absolute Gasteiger partial charge is 0.243 e. The number of nitrogens with one attached hydrogen (secondary N) is 3. The van der Waals surface area contributed by atoms with E-state index in [4.69, 9.17) is 19.9 Å². The van der Waals surface area contributed by atoms with Gasteiger partial charge in [-0.3, -0.25) is 53.5 Å². The zero-order valence-corrected chi connectivity index (χ0v) is 49.3. The van der Waals surface area contributed by atoms with Crippen molar-refractivity contribution < 1.29 is 52.6 Å². The highest BCUT2D eigenvalue weighted by Crippen LogP contribution is 2.22. The Bertz CT molecular complexity index is 2470. The molecule has 23 heteroatoms. The molecule has 6 atom stereocenters. The first kappa shape index (κ1) is 67.6. The normalized spacial score (nSPS) is 22.2. The number of imide groups is 1. The van der Waals surface area contributed by atoms with Crippen LogP contribution in [0, 0.1) is 0 Å². The third kappa shape index (κ3) is 21.8. The predicted octanol–water partition coefficient (Wildman–Crippen LogP) is 1.87.